The van der Waals surface area contributed by atoms with Gasteiger partial charge in [-0.15, -0.1) is 0 Å². The standard InChI is InChI=1S/C16H18ClN3/c1-11(13-4-3-5-14(17)10-13)20(2)15-8-6-12(7-9-15)16(18)19/h3-11H,1-2H3,(H3,18,19). The fraction of sp³-hybridized carbons (Fsp3) is 0.188. The summed E-state index contributed by atoms with van der Waals surface area (Å²) in [5.74, 6) is 0.0853. The number of benzene rings is 2. The van der Waals surface area contributed by atoms with Crippen LogP contribution in [-0.2, 0) is 0 Å². The monoisotopic (exact) mass is 287 g/mol. The van der Waals surface area contributed by atoms with Gasteiger partial charge in [0.15, 0.2) is 0 Å². The van der Waals surface area contributed by atoms with Crippen LogP contribution < -0.4 is 10.6 Å². The summed E-state index contributed by atoms with van der Waals surface area (Å²) in [5.41, 5.74) is 8.43. The van der Waals surface area contributed by atoms with E-state index in [2.05, 4.69) is 17.9 Å². The molecule has 2 aromatic carbocycles. The minimum Gasteiger partial charge on any atom is -0.384 e. The molecule has 1 atom stereocenters. The summed E-state index contributed by atoms with van der Waals surface area (Å²) < 4.78 is 0. The highest BCUT2D eigenvalue weighted by Crippen LogP contribution is 2.26. The predicted octanol–water partition coefficient (Wildman–Crippen LogP) is 3.82. The molecule has 2 rings (SSSR count). The van der Waals surface area contributed by atoms with Crippen LogP contribution in [0.2, 0.25) is 5.02 Å². The quantitative estimate of drug-likeness (QED) is 0.663. The normalized spacial score (nSPS) is 11.9. The Bertz CT molecular complexity index is 607. The van der Waals surface area contributed by atoms with Crippen LogP contribution in [0.4, 0.5) is 5.69 Å². The first-order valence-electron chi connectivity index (χ1n) is 6.42. The van der Waals surface area contributed by atoms with Crippen LogP contribution in [-0.4, -0.2) is 12.9 Å². The van der Waals surface area contributed by atoms with Crippen LogP contribution in [0, 0.1) is 5.41 Å². The first-order chi connectivity index (χ1) is 9.49. The second-order valence-electron chi connectivity index (χ2n) is 4.80. The molecule has 0 aliphatic rings. The highest BCUT2D eigenvalue weighted by molar-refractivity contribution is 6.30. The highest BCUT2D eigenvalue weighted by Gasteiger charge is 2.12. The molecule has 3 nitrogen and oxygen atoms in total. The third kappa shape index (κ3) is 3.11. The van der Waals surface area contributed by atoms with Gasteiger partial charge in [0, 0.05) is 23.3 Å². The second-order valence-corrected chi connectivity index (χ2v) is 5.24. The number of halogens is 1. The summed E-state index contributed by atoms with van der Waals surface area (Å²) in [4.78, 5) is 2.16. The van der Waals surface area contributed by atoms with Crippen LogP contribution in [0.5, 0.6) is 0 Å². The van der Waals surface area contributed by atoms with Crippen molar-refractivity contribution in [2.75, 3.05) is 11.9 Å². The first-order valence-corrected chi connectivity index (χ1v) is 6.79. The molecule has 0 aliphatic heterocycles. The lowest BCUT2D eigenvalue weighted by molar-refractivity contribution is 0.740. The number of nitrogen functional groups attached to an aromatic ring is 1. The topological polar surface area (TPSA) is 53.1 Å². The average molecular weight is 288 g/mol. The highest BCUT2D eigenvalue weighted by atomic mass is 35.5. The number of amidine groups is 1. The smallest absolute Gasteiger partial charge is 0.122 e. The van der Waals surface area contributed by atoms with Crippen LogP contribution in [0.1, 0.15) is 24.1 Å². The van der Waals surface area contributed by atoms with Gasteiger partial charge in [-0.3, -0.25) is 5.41 Å². The van der Waals surface area contributed by atoms with Gasteiger partial charge in [0.2, 0.25) is 0 Å². The molecule has 0 saturated heterocycles. The Hall–Kier alpha value is -2.00. The van der Waals surface area contributed by atoms with Gasteiger partial charge in [-0.1, -0.05) is 23.7 Å². The fourth-order valence-electron chi connectivity index (χ4n) is 2.09. The van der Waals surface area contributed by atoms with Crippen LogP contribution >= 0.6 is 11.6 Å². The molecule has 2 aromatic rings. The van der Waals surface area contributed by atoms with Crippen molar-refractivity contribution in [3.63, 3.8) is 0 Å². The van der Waals surface area contributed by atoms with Gasteiger partial charge in [0.05, 0.1) is 6.04 Å². The van der Waals surface area contributed by atoms with Gasteiger partial charge < -0.3 is 10.6 Å². The van der Waals surface area contributed by atoms with Crippen molar-refractivity contribution < 1.29 is 0 Å². The van der Waals surface area contributed by atoms with E-state index >= 15 is 0 Å². The zero-order chi connectivity index (χ0) is 14.7. The number of nitrogens with zero attached hydrogens (tertiary/aromatic N) is 1. The first kappa shape index (κ1) is 14.4. The minimum absolute atomic E-state index is 0.0853. The Morgan fingerprint density at radius 2 is 1.85 bits per heavy atom. The largest absolute Gasteiger partial charge is 0.384 e. The van der Waals surface area contributed by atoms with Crippen LogP contribution in [0.25, 0.3) is 0 Å². The molecular formula is C16H18ClN3. The minimum atomic E-state index is 0.0853. The lowest BCUT2D eigenvalue weighted by Crippen LogP contribution is -2.21. The second kappa shape index (κ2) is 5.97. The van der Waals surface area contributed by atoms with E-state index < -0.39 is 0 Å². The summed E-state index contributed by atoms with van der Waals surface area (Å²) in [7, 11) is 2.04. The Labute approximate surface area is 124 Å². The van der Waals surface area contributed by atoms with Gasteiger partial charge >= 0.3 is 0 Å². The molecule has 0 heterocycles. The van der Waals surface area contributed by atoms with Gasteiger partial charge in [-0.2, -0.15) is 0 Å². The summed E-state index contributed by atoms with van der Waals surface area (Å²) in [6, 6.07) is 15.7. The van der Waals surface area contributed by atoms with E-state index in [4.69, 9.17) is 22.7 Å². The Balaban J connectivity index is 2.22. The SMILES string of the molecule is CC(c1cccc(Cl)c1)N(C)c1ccc(C(=N)N)cc1. The molecular weight excluding hydrogens is 270 g/mol. The van der Waals surface area contributed by atoms with Crippen LogP contribution in [0.15, 0.2) is 48.5 Å². The van der Waals surface area contributed by atoms with Crippen molar-refractivity contribution in [1.29, 1.82) is 5.41 Å². The number of nitrogens with one attached hydrogen (secondary N) is 1. The molecule has 0 aliphatic carbocycles. The lowest BCUT2D eigenvalue weighted by atomic mass is 10.1. The van der Waals surface area contributed by atoms with Gasteiger partial charge in [-0.05, 0) is 48.9 Å². The molecule has 4 heteroatoms. The zero-order valence-corrected chi connectivity index (χ0v) is 12.4. The molecule has 3 N–H and O–H groups in total. The maximum absolute atomic E-state index is 7.41. The van der Waals surface area contributed by atoms with Gasteiger partial charge in [-0.25, -0.2) is 0 Å². The molecule has 0 bridgehead atoms. The van der Waals surface area contributed by atoms with Crippen molar-refractivity contribution in [2.45, 2.75) is 13.0 Å². The van der Waals surface area contributed by atoms with E-state index in [9.17, 15) is 0 Å². The van der Waals surface area contributed by atoms with Crippen molar-refractivity contribution in [1.82, 2.24) is 0 Å². The molecule has 0 saturated carbocycles. The van der Waals surface area contributed by atoms with Crippen molar-refractivity contribution in [3.8, 4) is 0 Å². The lowest BCUT2D eigenvalue weighted by Gasteiger charge is -2.27. The molecule has 0 radical (unpaired) electrons. The maximum Gasteiger partial charge on any atom is 0.122 e. The fourth-order valence-corrected chi connectivity index (χ4v) is 2.29. The molecule has 0 aromatic heterocycles. The summed E-state index contributed by atoms with van der Waals surface area (Å²) in [6.45, 7) is 2.13. The van der Waals surface area contributed by atoms with Gasteiger partial charge in [0.25, 0.3) is 0 Å². The molecule has 104 valence electrons. The molecule has 0 spiro atoms. The van der Waals surface area contributed by atoms with Gasteiger partial charge in [0.1, 0.15) is 5.84 Å². The number of anilines is 1. The maximum atomic E-state index is 7.41. The summed E-state index contributed by atoms with van der Waals surface area (Å²) >= 11 is 6.04. The summed E-state index contributed by atoms with van der Waals surface area (Å²) in [6.07, 6.45) is 0. The van der Waals surface area contributed by atoms with Crippen molar-refractivity contribution in [3.05, 3.63) is 64.7 Å². The molecule has 0 fully saturated rings. The number of rotatable bonds is 4. The van der Waals surface area contributed by atoms with E-state index in [1.54, 1.807) is 0 Å². The summed E-state index contributed by atoms with van der Waals surface area (Å²) in [5, 5.41) is 8.15. The third-order valence-corrected chi connectivity index (χ3v) is 3.73. The van der Waals surface area contributed by atoms with E-state index in [0.29, 0.717) is 0 Å². The van der Waals surface area contributed by atoms with E-state index in [0.717, 1.165) is 21.8 Å². The Morgan fingerprint density at radius 1 is 1.20 bits per heavy atom. The van der Waals surface area contributed by atoms with E-state index in [1.807, 2.05) is 49.5 Å². The molecule has 20 heavy (non-hydrogen) atoms. The molecule has 0 amide bonds. The van der Waals surface area contributed by atoms with E-state index in [1.165, 1.54) is 0 Å². The number of hydrogen-bond donors (Lipinski definition) is 2. The Kier molecular flexibility index (Phi) is 4.30. The average Bonchev–Trinajstić information content (AvgIpc) is 2.46. The van der Waals surface area contributed by atoms with Crippen LogP contribution in [0.3, 0.4) is 0 Å². The third-order valence-electron chi connectivity index (χ3n) is 3.50. The number of hydrogen-bond acceptors (Lipinski definition) is 2. The van der Waals surface area contributed by atoms with Crippen molar-refractivity contribution in [2.24, 2.45) is 5.73 Å². The Morgan fingerprint density at radius 3 is 2.40 bits per heavy atom. The number of nitrogens with two attached hydrogens (primary N) is 1. The van der Waals surface area contributed by atoms with Crippen molar-refractivity contribution >= 4 is 23.1 Å². The zero-order valence-electron chi connectivity index (χ0n) is 11.6. The van der Waals surface area contributed by atoms with E-state index in [-0.39, 0.29) is 11.9 Å². The molecule has 1 unspecified atom stereocenters. The predicted molar refractivity (Wildman–Crippen MR) is 85.7 cm³/mol.